The Kier molecular flexibility index (Phi) is 5.20. The number of imidazole rings is 1. The Labute approximate surface area is 153 Å². The predicted octanol–water partition coefficient (Wildman–Crippen LogP) is 2.80. The number of carbonyl (C=O) groups excluding carboxylic acids is 2. The predicted molar refractivity (Wildman–Crippen MR) is 93.1 cm³/mol. The molecule has 0 aliphatic rings. The highest BCUT2D eigenvalue weighted by Crippen LogP contribution is 2.23. The highest BCUT2D eigenvalue weighted by atomic mass is 19.3. The zero-order valence-electron chi connectivity index (χ0n) is 14.7. The maximum absolute atomic E-state index is 13.5. The van der Waals surface area contributed by atoms with E-state index in [1.54, 1.807) is 24.3 Å². The van der Waals surface area contributed by atoms with E-state index >= 15 is 0 Å². The van der Waals surface area contributed by atoms with Crippen LogP contribution in [0.2, 0.25) is 0 Å². The summed E-state index contributed by atoms with van der Waals surface area (Å²) in [6, 6.07) is 7.16. The minimum atomic E-state index is -2.78. The van der Waals surface area contributed by atoms with E-state index in [1.807, 2.05) is 0 Å². The molecule has 0 unspecified atom stereocenters. The molecule has 0 aliphatic carbocycles. The van der Waals surface area contributed by atoms with E-state index < -0.39 is 24.4 Å². The number of hydrogen-bond donors (Lipinski definition) is 1. The lowest BCUT2D eigenvalue weighted by molar-refractivity contribution is -0.132. The molecule has 1 N–H and O–H groups in total. The molecule has 142 valence electrons. The maximum atomic E-state index is 13.5. The van der Waals surface area contributed by atoms with Crippen LogP contribution in [0.4, 0.5) is 8.78 Å². The van der Waals surface area contributed by atoms with Crippen molar-refractivity contribution in [1.29, 1.82) is 0 Å². The molecule has 2 amide bonds. The van der Waals surface area contributed by atoms with Crippen molar-refractivity contribution >= 4 is 22.8 Å². The average molecular weight is 376 g/mol. The van der Waals surface area contributed by atoms with Crippen molar-refractivity contribution in [2.75, 3.05) is 7.05 Å². The number of para-hydroxylation sites is 2. The van der Waals surface area contributed by atoms with Crippen LogP contribution in [-0.2, 0) is 11.3 Å². The summed E-state index contributed by atoms with van der Waals surface area (Å²) in [6.45, 7) is -1.38. The molecule has 1 aromatic carbocycles. The SMILES string of the molecule is C[C@H](NC(=O)c1ccoc1)C(=O)N(C)Cc1nc2ccccc2n1C(F)F. The number of aromatic nitrogens is 2. The van der Waals surface area contributed by atoms with Gasteiger partial charge in [-0.05, 0) is 25.1 Å². The summed E-state index contributed by atoms with van der Waals surface area (Å²) in [4.78, 5) is 30.0. The second kappa shape index (κ2) is 7.56. The molecule has 0 saturated carbocycles. The molecule has 9 heteroatoms. The molecular formula is C18H18F2N4O3. The van der Waals surface area contributed by atoms with Gasteiger partial charge in [0.15, 0.2) is 0 Å². The number of fused-ring (bicyclic) bond motifs is 1. The molecule has 0 bridgehead atoms. The second-order valence-corrected chi connectivity index (χ2v) is 6.07. The van der Waals surface area contributed by atoms with Crippen molar-refractivity contribution in [3.63, 3.8) is 0 Å². The fraction of sp³-hybridized carbons (Fsp3) is 0.278. The number of nitrogens with zero attached hydrogens (tertiary/aromatic N) is 3. The minimum Gasteiger partial charge on any atom is -0.472 e. The van der Waals surface area contributed by atoms with Gasteiger partial charge in [0.1, 0.15) is 18.1 Å². The smallest absolute Gasteiger partial charge is 0.320 e. The van der Waals surface area contributed by atoms with E-state index in [9.17, 15) is 18.4 Å². The van der Waals surface area contributed by atoms with Crippen molar-refractivity contribution < 1.29 is 22.8 Å². The van der Waals surface area contributed by atoms with Gasteiger partial charge >= 0.3 is 6.55 Å². The summed E-state index contributed by atoms with van der Waals surface area (Å²) < 4.78 is 32.6. The van der Waals surface area contributed by atoms with Gasteiger partial charge in [0.05, 0.1) is 29.4 Å². The summed E-state index contributed by atoms with van der Waals surface area (Å²) in [6.07, 6.45) is 2.61. The first-order valence-corrected chi connectivity index (χ1v) is 8.20. The van der Waals surface area contributed by atoms with Crippen molar-refractivity contribution in [3.05, 3.63) is 54.2 Å². The van der Waals surface area contributed by atoms with Crippen molar-refractivity contribution in [3.8, 4) is 0 Å². The van der Waals surface area contributed by atoms with Gasteiger partial charge in [-0.3, -0.25) is 14.2 Å². The maximum Gasteiger partial charge on any atom is 0.320 e. The number of alkyl halides is 2. The van der Waals surface area contributed by atoms with Crippen LogP contribution in [0.3, 0.4) is 0 Å². The molecule has 0 spiro atoms. The number of amides is 2. The third-order valence-corrected chi connectivity index (χ3v) is 4.12. The molecule has 0 aliphatic heterocycles. The van der Waals surface area contributed by atoms with Crippen LogP contribution in [-0.4, -0.2) is 39.4 Å². The molecule has 0 fully saturated rings. The molecule has 2 aromatic heterocycles. The first-order chi connectivity index (χ1) is 12.9. The largest absolute Gasteiger partial charge is 0.472 e. The van der Waals surface area contributed by atoms with E-state index in [0.717, 1.165) is 4.57 Å². The highest BCUT2D eigenvalue weighted by molar-refractivity contribution is 5.97. The van der Waals surface area contributed by atoms with Crippen molar-refractivity contribution in [2.24, 2.45) is 0 Å². The molecule has 1 atom stereocenters. The van der Waals surface area contributed by atoms with E-state index in [-0.39, 0.29) is 17.9 Å². The summed E-state index contributed by atoms with van der Waals surface area (Å²) in [5.41, 5.74) is 1.01. The van der Waals surface area contributed by atoms with E-state index in [2.05, 4.69) is 10.3 Å². The number of furan rings is 1. The molecule has 2 heterocycles. The number of nitrogens with one attached hydrogen (secondary N) is 1. The first kappa shape index (κ1) is 18.6. The van der Waals surface area contributed by atoms with Crippen LogP contribution in [0.1, 0.15) is 29.7 Å². The van der Waals surface area contributed by atoms with Crippen LogP contribution in [0.15, 0.2) is 47.3 Å². The zero-order chi connectivity index (χ0) is 19.6. The third kappa shape index (κ3) is 3.81. The van der Waals surface area contributed by atoms with Gasteiger partial charge in [0.25, 0.3) is 5.91 Å². The summed E-state index contributed by atoms with van der Waals surface area (Å²) in [5, 5.41) is 2.55. The van der Waals surface area contributed by atoms with Gasteiger partial charge in [0.2, 0.25) is 5.91 Å². The van der Waals surface area contributed by atoms with Crippen LogP contribution >= 0.6 is 0 Å². The van der Waals surface area contributed by atoms with E-state index in [4.69, 9.17) is 4.42 Å². The fourth-order valence-corrected chi connectivity index (χ4v) is 2.78. The lowest BCUT2D eigenvalue weighted by Crippen LogP contribution is -2.45. The Balaban J connectivity index is 1.73. The van der Waals surface area contributed by atoms with Gasteiger partial charge in [-0.1, -0.05) is 12.1 Å². The fourth-order valence-electron chi connectivity index (χ4n) is 2.78. The standard InChI is InChI=1S/C18H18F2N4O3/c1-11(21-16(25)12-7-8-27-10-12)17(26)23(2)9-15-22-13-5-3-4-6-14(13)24(15)18(19)20/h3-8,10-11,18H,9H2,1-2H3,(H,21,25)/t11-/m0/s1. The quantitative estimate of drug-likeness (QED) is 0.717. The van der Waals surface area contributed by atoms with Crippen molar-refractivity contribution in [2.45, 2.75) is 26.1 Å². The summed E-state index contributed by atoms with van der Waals surface area (Å²) in [5.74, 6) is -0.826. The van der Waals surface area contributed by atoms with Crippen LogP contribution in [0, 0.1) is 0 Å². The number of halogens is 2. The van der Waals surface area contributed by atoms with Gasteiger partial charge in [-0.2, -0.15) is 8.78 Å². The highest BCUT2D eigenvalue weighted by Gasteiger charge is 2.24. The Morgan fingerprint density at radius 1 is 1.30 bits per heavy atom. The Morgan fingerprint density at radius 2 is 2.04 bits per heavy atom. The monoisotopic (exact) mass is 376 g/mol. The van der Waals surface area contributed by atoms with Crippen molar-refractivity contribution in [1.82, 2.24) is 19.8 Å². The number of hydrogen-bond acceptors (Lipinski definition) is 4. The lowest BCUT2D eigenvalue weighted by atomic mass is 10.2. The number of rotatable bonds is 6. The number of carbonyl (C=O) groups is 2. The van der Waals surface area contributed by atoms with Gasteiger partial charge in [-0.15, -0.1) is 0 Å². The summed E-state index contributed by atoms with van der Waals surface area (Å²) in [7, 11) is 1.47. The molecular weight excluding hydrogens is 358 g/mol. The Hall–Kier alpha value is -3.23. The molecule has 3 aromatic rings. The topological polar surface area (TPSA) is 80.4 Å². The summed E-state index contributed by atoms with van der Waals surface area (Å²) >= 11 is 0. The first-order valence-electron chi connectivity index (χ1n) is 8.20. The van der Waals surface area contributed by atoms with Gasteiger partial charge in [-0.25, -0.2) is 4.98 Å². The second-order valence-electron chi connectivity index (χ2n) is 6.07. The third-order valence-electron chi connectivity index (χ3n) is 4.12. The lowest BCUT2D eigenvalue weighted by Gasteiger charge is -2.22. The van der Waals surface area contributed by atoms with Crippen LogP contribution in [0.5, 0.6) is 0 Å². The molecule has 0 saturated heterocycles. The van der Waals surface area contributed by atoms with Gasteiger partial charge in [0, 0.05) is 7.05 Å². The molecule has 7 nitrogen and oxygen atoms in total. The number of benzene rings is 1. The van der Waals surface area contributed by atoms with E-state index in [0.29, 0.717) is 11.0 Å². The zero-order valence-corrected chi connectivity index (χ0v) is 14.7. The Morgan fingerprint density at radius 3 is 2.70 bits per heavy atom. The Bertz CT molecular complexity index is 953. The average Bonchev–Trinajstić information content (AvgIpc) is 3.28. The molecule has 0 radical (unpaired) electrons. The molecule has 3 rings (SSSR count). The minimum absolute atomic E-state index is 0.0652. The van der Waals surface area contributed by atoms with Crippen LogP contribution in [0.25, 0.3) is 11.0 Å². The van der Waals surface area contributed by atoms with Gasteiger partial charge < -0.3 is 14.6 Å². The number of likely N-dealkylation sites (N-methyl/N-ethyl adjacent to an activating group) is 1. The van der Waals surface area contributed by atoms with Crippen LogP contribution < -0.4 is 5.32 Å². The van der Waals surface area contributed by atoms with E-state index in [1.165, 1.54) is 37.5 Å². The molecule has 27 heavy (non-hydrogen) atoms. The normalized spacial score (nSPS) is 12.3.